The molecule has 0 aromatic heterocycles. The summed E-state index contributed by atoms with van der Waals surface area (Å²) in [6, 6.07) is 2.17. The lowest BCUT2D eigenvalue weighted by Gasteiger charge is -2.17. The van der Waals surface area contributed by atoms with E-state index in [9.17, 15) is 17.6 Å². The summed E-state index contributed by atoms with van der Waals surface area (Å²) in [5.74, 6) is -1.52. The average molecular weight is 275 g/mol. The molecular formula is C10H14FN3O3S. The van der Waals surface area contributed by atoms with Gasteiger partial charge in [-0.1, -0.05) is 0 Å². The predicted molar refractivity (Wildman–Crippen MR) is 64.6 cm³/mol. The van der Waals surface area contributed by atoms with E-state index in [0.29, 0.717) is 0 Å². The summed E-state index contributed by atoms with van der Waals surface area (Å²) in [6.45, 7) is 0.831. The van der Waals surface area contributed by atoms with Gasteiger partial charge in [-0.15, -0.1) is 0 Å². The van der Waals surface area contributed by atoms with E-state index in [0.717, 1.165) is 16.4 Å². The van der Waals surface area contributed by atoms with Gasteiger partial charge in [0.15, 0.2) is 0 Å². The summed E-state index contributed by atoms with van der Waals surface area (Å²) in [5, 5.41) is 0. The van der Waals surface area contributed by atoms with Crippen molar-refractivity contribution >= 4 is 21.6 Å². The summed E-state index contributed by atoms with van der Waals surface area (Å²) >= 11 is 0. The van der Waals surface area contributed by atoms with Crippen molar-refractivity contribution in [2.24, 2.45) is 5.73 Å². The monoisotopic (exact) mass is 275 g/mol. The number of benzene rings is 1. The molecule has 0 aliphatic heterocycles. The van der Waals surface area contributed by atoms with Crippen LogP contribution in [0.15, 0.2) is 17.0 Å². The van der Waals surface area contributed by atoms with Crippen LogP contribution in [0.5, 0.6) is 0 Å². The Kier molecular flexibility index (Phi) is 3.92. The Morgan fingerprint density at radius 1 is 1.44 bits per heavy atom. The molecule has 18 heavy (non-hydrogen) atoms. The highest BCUT2D eigenvalue weighted by atomic mass is 32.2. The first-order chi connectivity index (χ1) is 8.16. The van der Waals surface area contributed by atoms with Crippen molar-refractivity contribution in [3.05, 3.63) is 23.5 Å². The number of hydrogen-bond acceptors (Lipinski definition) is 4. The third-order valence-corrected chi connectivity index (χ3v) is 4.32. The molecule has 1 aromatic carbocycles. The number of anilines is 1. The number of amides is 1. The lowest BCUT2D eigenvalue weighted by Crippen LogP contribution is -2.35. The number of rotatable bonds is 4. The number of nitrogens with zero attached hydrogens (tertiary/aromatic N) is 1. The third-order valence-electron chi connectivity index (χ3n) is 2.39. The molecule has 8 heteroatoms. The van der Waals surface area contributed by atoms with Gasteiger partial charge in [-0.25, -0.2) is 12.8 Å². The maximum atomic E-state index is 13.4. The van der Waals surface area contributed by atoms with Crippen LogP contribution in [0.1, 0.15) is 5.56 Å². The van der Waals surface area contributed by atoms with Crippen molar-refractivity contribution in [2.45, 2.75) is 11.8 Å². The van der Waals surface area contributed by atoms with Crippen molar-refractivity contribution in [2.75, 3.05) is 19.3 Å². The molecule has 0 saturated carbocycles. The number of sulfonamides is 1. The lowest BCUT2D eigenvalue weighted by molar-refractivity contribution is -0.118. The number of primary amides is 1. The summed E-state index contributed by atoms with van der Waals surface area (Å²) in [7, 11) is -2.82. The highest BCUT2D eigenvalue weighted by Crippen LogP contribution is 2.24. The zero-order valence-electron chi connectivity index (χ0n) is 9.97. The van der Waals surface area contributed by atoms with Crippen LogP contribution in [0.3, 0.4) is 0 Å². The molecule has 0 saturated heterocycles. The fourth-order valence-electron chi connectivity index (χ4n) is 1.41. The number of nitrogen functional groups attached to an aromatic ring is 1. The molecule has 0 spiro atoms. The zero-order chi connectivity index (χ0) is 14.1. The number of carbonyl (C=O) groups excluding carboxylic acids is 1. The molecule has 0 radical (unpaired) electrons. The van der Waals surface area contributed by atoms with Gasteiger partial charge in [0, 0.05) is 18.3 Å². The van der Waals surface area contributed by atoms with Crippen molar-refractivity contribution in [1.82, 2.24) is 4.31 Å². The topological polar surface area (TPSA) is 106 Å². The van der Waals surface area contributed by atoms with Crippen LogP contribution in [0.25, 0.3) is 0 Å². The summed E-state index contributed by atoms with van der Waals surface area (Å²) < 4.78 is 38.4. The minimum atomic E-state index is -4.00. The Hall–Kier alpha value is -1.67. The number of carbonyl (C=O) groups is 1. The summed E-state index contributed by atoms with van der Waals surface area (Å²) in [5.41, 5.74) is 10.3. The molecule has 0 heterocycles. The molecular weight excluding hydrogens is 261 g/mol. The number of hydrogen-bond donors (Lipinski definition) is 2. The second-order valence-electron chi connectivity index (χ2n) is 3.85. The second kappa shape index (κ2) is 4.91. The number of halogens is 1. The van der Waals surface area contributed by atoms with Gasteiger partial charge in [0.25, 0.3) is 0 Å². The maximum Gasteiger partial charge on any atom is 0.243 e. The molecule has 0 aliphatic carbocycles. The van der Waals surface area contributed by atoms with Crippen LogP contribution >= 0.6 is 0 Å². The zero-order valence-corrected chi connectivity index (χ0v) is 10.8. The Labute approximate surface area is 104 Å². The fraction of sp³-hybridized carbons (Fsp3) is 0.300. The molecule has 0 unspecified atom stereocenters. The van der Waals surface area contributed by atoms with Crippen molar-refractivity contribution in [1.29, 1.82) is 0 Å². The van der Waals surface area contributed by atoms with Crippen LogP contribution in [0.2, 0.25) is 0 Å². The SMILES string of the molecule is Cc1c(F)cc(N)cc1S(=O)(=O)N(C)CC(N)=O. The first kappa shape index (κ1) is 14.4. The molecule has 100 valence electrons. The summed E-state index contributed by atoms with van der Waals surface area (Å²) in [6.07, 6.45) is 0. The second-order valence-corrected chi connectivity index (χ2v) is 5.87. The van der Waals surface area contributed by atoms with Gasteiger partial charge in [0.05, 0.1) is 11.4 Å². The Morgan fingerprint density at radius 3 is 2.50 bits per heavy atom. The molecule has 6 nitrogen and oxygen atoms in total. The molecule has 1 rings (SSSR count). The fourth-order valence-corrected chi connectivity index (χ4v) is 2.82. The van der Waals surface area contributed by atoms with Crippen LogP contribution < -0.4 is 11.5 Å². The lowest BCUT2D eigenvalue weighted by atomic mass is 10.2. The van der Waals surface area contributed by atoms with Crippen molar-refractivity contribution in [3.8, 4) is 0 Å². The van der Waals surface area contributed by atoms with Gasteiger partial charge < -0.3 is 11.5 Å². The van der Waals surface area contributed by atoms with E-state index in [1.54, 1.807) is 0 Å². The standard InChI is InChI=1S/C10H14FN3O3S/c1-6-8(11)3-7(12)4-9(6)18(16,17)14(2)5-10(13)15/h3-4H,5,12H2,1-2H3,(H2,13,15). The van der Waals surface area contributed by atoms with Crippen LogP contribution in [0, 0.1) is 12.7 Å². The molecule has 0 bridgehead atoms. The molecule has 0 aliphatic rings. The molecule has 0 atom stereocenters. The van der Waals surface area contributed by atoms with E-state index in [1.807, 2.05) is 0 Å². The van der Waals surface area contributed by atoms with Crippen LogP contribution in [-0.4, -0.2) is 32.2 Å². The van der Waals surface area contributed by atoms with E-state index in [4.69, 9.17) is 11.5 Å². The van der Waals surface area contributed by atoms with Gasteiger partial charge in [-0.3, -0.25) is 4.79 Å². The van der Waals surface area contributed by atoms with E-state index < -0.39 is 28.3 Å². The van der Waals surface area contributed by atoms with Crippen molar-refractivity contribution < 1.29 is 17.6 Å². The Bertz CT molecular complexity index is 586. The Morgan fingerprint density at radius 2 is 2.00 bits per heavy atom. The average Bonchev–Trinajstić information content (AvgIpc) is 2.22. The van der Waals surface area contributed by atoms with E-state index in [2.05, 4.69) is 0 Å². The first-order valence-corrected chi connectivity index (χ1v) is 6.40. The van der Waals surface area contributed by atoms with E-state index in [-0.39, 0.29) is 16.1 Å². The quantitative estimate of drug-likeness (QED) is 0.743. The number of nitrogens with two attached hydrogens (primary N) is 2. The van der Waals surface area contributed by atoms with Gasteiger partial charge in [-0.2, -0.15) is 4.31 Å². The number of likely N-dealkylation sites (N-methyl/N-ethyl adjacent to an activating group) is 1. The van der Waals surface area contributed by atoms with Gasteiger partial charge in [0.2, 0.25) is 15.9 Å². The van der Waals surface area contributed by atoms with Gasteiger partial charge in [-0.05, 0) is 19.1 Å². The predicted octanol–water partition coefficient (Wildman–Crippen LogP) is -0.178. The third kappa shape index (κ3) is 2.77. The van der Waals surface area contributed by atoms with E-state index >= 15 is 0 Å². The van der Waals surface area contributed by atoms with Crippen LogP contribution in [-0.2, 0) is 14.8 Å². The summed E-state index contributed by atoms with van der Waals surface area (Å²) in [4.78, 5) is 10.4. The first-order valence-electron chi connectivity index (χ1n) is 4.96. The molecule has 4 N–H and O–H groups in total. The largest absolute Gasteiger partial charge is 0.399 e. The highest BCUT2D eigenvalue weighted by molar-refractivity contribution is 7.89. The molecule has 1 aromatic rings. The smallest absolute Gasteiger partial charge is 0.243 e. The van der Waals surface area contributed by atoms with Gasteiger partial charge in [0.1, 0.15) is 5.82 Å². The maximum absolute atomic E-state index is 13.4. The minimum absolute atomic E-state index is 0.0100. The van der Waals surface area contributed by atoms with Crippen molar-refractivity contribution in [3.63, 3.8) is 0 Å². The highest BCUT2D eigenvalue weighted by Gasteiger charge is 2.25. The Balaban J connectivity index is 3.33. The molecule has 0 fully saturated rings. The van der Waals surface area contributed by atoms with Crippen LogP contribution in [0.4, 0.5) is 10.1 Å². The molecule has 1 amide bonds. The minimum Gasteiger partial charge on any atom is -0.399 e. The van der Waals surface area contributed by atoms with Gasteiger partial charge >= 0.3 is 0 Å². The van der Waals surface area contributed by atoms with E-state index in [1.165, 1.54) is 14.0 Å². The normalized spacial score (nSPS) is 11.8.